The largest absolute Gasteiger partial charge is 0.0656 e. The highest BCUT2D eigenvalue weighted by Crippen LogP contribution is 2.20. The van der Waals surface area contributed by atoms with E-state index in [4.69, 9.17) is 0 Å². The van der Waals surface area contributed by atoms with E-state index in [1.165, 1.54) is 25.7 Å². The third-order valence-electron chi connectivity index (χ3n) is 1.28. The Morgan fingerprint density at radius 1 is 0.909 bits per heavy atom. The van der Waals surface area contributed by atoms with Crippen molar-refractivity contribution in [2.24, 2.45) is 5.41 Å². The van der Waals surface area contributed by atoms with Crippen LogP contribution in [-0.4, -0.2) is 0 Å². The molecule has 0 N–H and O–H groups in total. The summed E-state index contributed by atoms with van der Waals surface area (Å²) in [6, 6.07) is 0. The van der Waals surface area contributed by atoms with Gasteiger partial charge in [-0.15, -0.1) is 0 Å². The molecule has 0 nitrogen and oxygen atoms in total. The van der Waals surface area contributed by atoms with E-state index in [1.807, 2.05) is 0 Å². The van der Waals surface area contributed by atoms with E-state index in [2.05, 4.69) is 41.5 Å². The van der Waals surface area contributed by atoms with Crippen molar-refractivity contribution < 1.29 is 0 Å². The van der Waals surface area contributed by atoms with Gasteiger partial charge in [0.15, 0.2) is 0 Å². The zero-order valence-electron chi connectivity index (χ0n) is 9.33. The Morgan fingerprint density at radius 3 is 1.36 bits per heavy atom. The van der Waals surface area contributed by atoms with E-state index >= 15 is 0 Å². The van der Waals surface area contributed by atoms with Crippen molar-refractivity contribution in [3.05, 3.63) is 0 Å². The van der Waals surface area contributed by atoms with Crippen LogP contribution in [0.5, 0.6) is 0 Å². The summed E-state index contributed by atoms with van der Waals surface area (Å²) in [7, 11) is 0. The van der Waals surface area contributed by atoms with Gasteiger partial charge in [-0.3, -0.25) is 0 Å². The maximum absolute atomic E-state index is 2.29. The third-order valence-corrected chi connectivity index (χ3v) is 1.28. The number of hydrogen-bond donors (Lipinski definition) is 0. The fourth-order valence-electron chi connectivity index (χ4n) is 0.707. The minimum absolute atomic E-state index is 0.552. The third kappa shape index (κ3) is 25.6. The Morgan fingerprint density at radius 2 is 1.27 bits per heavy atom. The van der Waals surface area contributed by atoms with E-state index in [9.17, 15) is 0 Å². The summed E-state index contributed by atoms with van der Waals surface area (Å²) in [5, 5.41) is 0. The first-order chi connectivity index (χ1) is 4.97. The van der Waals surface area contributed by atoms with Gasteiger partial charge in [0.2, 0.25) is 0 Å². The Balaban J connectivity index is 0. The smallest absolute Gasteiger partial charge is 0.0383 e. The summed E-state index contributed by atoms with van der Waals surface area (Å²) in [5.74, 6) is 0. The number of hydrogen-bond acceptors (Lipinski definition) is 0. The van der Waals surface area contributed by atoms with Crippen molar-refractivity contribution >= 4 is 0 Å². The predicted molar refractivity (Wildman–Crippen MR) is 54.9 cm³/mol. The molecular formula is C11H26. The summed E-state index contributed by atoms with van der Waals surface area (Å²) in [6.07, 6.45) is 5.32. The monoisotopic (exact) mass is 158 g/mol. The van der Waals surface area contributed by atoms with Crippen LogP contribution in [0.15, 0.2) is 0 Å². The van der Waals surface area contributed by atoms with Crippen LogP contribution in [0.2, 0.25) is 0 Å². The second-order valence-corrected chi connectivity index (χ2v) is 4.37. The highest BCUT2D eigenvalue weighted by atomic mass is 14.1. The van der Waals surface area contributed by atoms with E-state index in [-0.39, 0.29) is 0 Å². The molecule has 0 heterocycles. The van der Waals surface area contributed by atoms with E-state index in [1.54, 1.807) is 0 Å². The fourth-order valence-corrected chi connectivity index (χ4v) is 0.707. The van der Waals surface area contributed by atoms with Crippen LogP contribution in [-0.2, 0) is 0 Å². The summed E-state index contributed by atoms with van der Waals surface area (Å²) >= 11 is 0. The minimum atomic E-state index is 0.552. The van der Waals surface area contributed by atoms with Crippen molar-refractivity contribution in [3.8, 4) is 0 Å². The Labute approximate surface area is 73.4 Å². The first kappa shape index (κ1) is 13.6. The summed E-state index contributed by atoms with van der Waals surface area (Å²) in [5.41, 5.74) is 0.552. The van der Waals surface area contributed by atoms with Crippen LogP contribution in [0.25, 0.3) is 0 Å². The fraction of sp³-hybridized carbons (Fsp3) is 1.00. The maximum atomic E-state index is 2.29. The lowest BCUT2D eigenvalue weighted by atomic mass is 9.90. The van der Waals surface area contributed by atoms with Gasteiger partial charge in [-0.1, -0.05) is 60.8 Å². The van der Waals surface area contributed by atoms with E-state index in [0.717, 1.165) is 0 Å². The van der Waals surface area contributed by atoms with Gasteiger partial charge in [-0.25, -0.2) is 0 Å². The summed E-state index contributed by atoms with van der Waals surface area (Å²) in [4.78, 5) is 0. The molecule has 0 saturated heterocycles. The highest BCUT2D eigenvalue weighted by Gasteiger charge is 2.07. The van der Waals surface area contributed by atoms with Gasteiger partial charge in [0.25, 0.3) is 0 Å². The maximum Gasteiger partial charge on any atom is -0.0383 e. The van der Waals surface area contributed by atoms with Gasteiger partial charge < -0.3 is 0 Å². The molecule has 0 aliphatic heterocycles. The average molecular weight is 158 g/mol. The van der Waals surface area contributed by atoms with Crippen LogP contribution in [0.1, 0.15) is 67.2 Å². The summed E-state index contributed by atoms with van der Waals surface area (Å²) < 4.78 is 0. The summed E-state index contributed by atoms with van der Waals surface area (Å²) in [6.45, 7) is 13.4. The van der Waals surface area contributed by atoms with Crippen molar-refractivity contribution in [2.75, 3.05) is 0 Å². The van der Waals surface area contributed by atoms with Gasteiger partial charge in [0.05, 0.1) is 0 Å². The molecule has 0 saturated carbocycles. The lowest BCUT2D eigenvalue weighted by Gasteiger charge is -2.16. The van der Waals surface area contributed by atoms with Crippen molar-refractivity contribution in [1.82, 2.24) is 0 Å². The molecule has 0 spiro atoms. The normalized spacial score (nSPS) is 10.4. The Hall–Kier alpha value is 0. The van der Waals surface area contributed by atoms with Crippen molar-refractivity contribution in [2.45, 2.75) is 67.2 Å². The topological polar surface area (TPSA) is 0 Å². The zero-order valence-corrected chi connectivity index (χ0v) is 9.33. The average Bonchev–Trinajstić information content (AvgIpc) is 1.84. The molecule has 0 aromatic rings. The van der Waals surface area contributed by atoms with Crippen LogP contribution in [0.3, 0.4) is 0 Å². The van der Waals surface area contributed by atoms with Crippen LogP contribution in [0.4, 0.5) is 0 Å². The minimum Gasteiger partial charge on any atom is -0.0656 e. The van der Waals surface area contributed by atoms with Gasteiger partial charge in [0, 0.05) is 0 Å². The molecule has 0 bridgehead atoms. The molecule has 0 unspecified atom stereocenters. The van der Waals surface area contributed by atoms with Gasteiger partial charge >= 0.3 is 0 Å². The number of rotatable bonds is 2. The Bertz CT molecular complexity index is 56.9. The van der Waals surface area contributed by atoms with Crippen molar-refractivity contribution in [1.29, 1.82) is 0 Å². The molecule has 11 heavy (non-hydrogen) atoms. The zero-order chi connectivity index (χ0) is 9.33. The van der Waals surface area contributed by atoms with Crippen LogP contribution < -0.4 is 0 Å². The van der Waals surface area contributed by atoms with Gasteiger partial charge in [-0.2, -0.15) is 0 Å². The molecule has 0 aromatic carbocycles. The standard InChI is InChI=1S/C8H18.C3H8/c1-5-6-7-8(2,3)4;1-3-2/h5-7H2,1-4H3;3H2,1-2H3. The van der Waals surface area contributed by atoms with Crippen LogP contribution in [0, 0.1) is 5.41 Å². The molecular weight excluding hydrogens is 132 g/mol. The quantitative estimate of drug-likeness (QED) is 0.549. The molecule has 0 heteroatoms. The second-order valence-electron chi connectivity index (χ2n) is 4.37. The molecule has 0 rings (SSSR count). The SMILES string of the molecule is CCC.CCCCC(C)(C)C. The molecule has 0 aromatic heterocycles. The van der Waals surface area contributed by atoms with Crippen LogP contribution >= 0.6 is 0 Å². The molecule has 0 radical (unpaired) electrons. The van der Waals surface area contributed by atoms with Gasteiger partial charge in [-0.05, 0) is 11.8 Å². The molecule has 0 amide bonds. The lowest BCUT2D eigenvalue weighted by molar-refractivity contribution is 0.363. The Kier molecular flexibility index (Phi) is 10.0. The molecule has 0 aliphatic rings. The van der Waals surface area contributed by atoms with E-state index < -0.39 is 0 Å². The number of unbranched alkanes of at least 4 members (excludes halogenated alkanes) is 1. The molecule has 0 aliphatic carbocycles. The first-order valence-electron chi connectivity index (χ1n) is 4.97. The second kappa shape index (κ2) is 8.10. The predicted octanol–water partition coefficient (Wildman–Crippen LogP) is 4.64. The lowest BCUT2D eigenvalue weighted by Crippen LogP contribution is -2.03. The van der Waals surface area contributed by atoms with Gasteiger partial charge in [0.1, 0.15) is 0 Å². The first-order valence-corrected chi connectivity index (χ1v) is 4.97. The molecule has 0 fully saturated rings. The molecule has 0 atom stereocenters. The van der Waals surface area contributed by atoms with E-state index in [0.29, 0.717) is 5.41 Å². The highest BCUT2D eigenvalue weighted by molar-refractivity contribution is 4.59. The van der Waals surface area contributed by atoms with Crippen molar-refractivity contribution in [3.63, 3.8) is 0 Å². The molecule has 70 valence electrons.